The number of hydrogen-bond acceptors (Lipinski definition) is 6. The van der Waals surface area contributed by atoms with Crippen molar-refractivity contribution in [3.05, 3.63) is 53.8 Å². The zero-order valence-electron chi connectivity index (χ0n) is 17.3. The van der Waals surface area contributed by atoms with E-state index in [9.17, 15) is 18.8 Å². The molecule has 0 aromatic heterocycles. The summed E-state index contributed by atoms with van der Waals surface area (Å²) >= 11 is 0. The number of anilines is 1. The van der Waals surface area contributed by atoms with Gasteiger partial charge in [0.05, 0.1) is 12.7 Å². The highest BCUT2D eigenvalue weighted by atomic mass is 19.1. The summed E-state index contributed by atoms with van der Waals surface area (Å²) in [6, 6.07) is 9.62. The van der Waals surface area contributed by atoms with E-state index in [1.807, 2.05) is 0 Å². The van der Waals surface area contributed by atoms with Crippen molar-refractivity contribution < 1.29 is 33.0 Å². The number of carbonyl (C=O) groups is 3. The predicted molar refractivity (Wildman–Crippen MR) is 108 cm³/mol. The second kappa shape index (κ2) is 9.87. The summed E-state index contributed by atoms with van der Waals surface area (Å²) in [5, 5.41) is 2.57. The Bertz CT molecular complexity index is 918. The number of ether oxygens (including phenoxy) is 3. The molecule has 160 valence electrons. The number of rotatable bonds is 8. The van der Waals surface area contributed by atoms with Crippen LogP contribution in [-0.4, -0.2) is 38.0 Å². The Morgan fingerprint density at radius 3 is 2.23 bits per heavy atom. The van der Waals surface area contributed by atoms with Crippen LogP contribution in [-0.2, 0) is 14.3 Å². The van der Waals surface area contributed by atoms with E-state index in [0.717, 1.165) is 0 Å². The van der Waals surface area contributed by atoms with Gasteiger partial charge >= 0.3 is 5.97 Å². The van der Waals surface area contributed by atoms with Crippen molar-refractivity contribution >= 4 is 23.3 Å². The van der Waals surface area contributed by atoms with Gasteiger partial charge in [0.15, 0.2) is 30.5 Å². The molecule has 0 bridgehead atoms. The van der Waals surface area contributed by atoms with Gasteiger partial charge in [0.2, 0.25) is 0 Å². The van der Waals surface area contributed by atoms with E-state index >= 15 is 0 Å². The van der Waals surface area contributed by atoms with E-state index in [1.165, 1.54) is 49.6 Å². The maximum Gasteiger partial charge on any atom is 0.338 e. The van der Waals surface area contributed by atoms with Gasteiger partial charge in [0.1, 0.15) is 5.82 Å². The first-order valence-corrected chi connectivity index (χ1v) is 9.17. The van der Waals surface area contributed by atoms with E-state index in [-0.39, 0.29) is 36.1 Å². The molecule has 0 aliphatic rings. The van der Waals surface area contributed by atoms with E-state index in [2.05, 4.69) is 5.32 Å². The summed E-state index contributed by atoms with van der Waals surface area (Å²) in [5.74, 6) is -1.26. The SMILES string of the molecule is COc1cc(C(=O)OCC(=O)C(C)(C)C)ccc1OCC(=O)Nc1ccc(F)cc1. The highest BCUT2D eigenvalue weighted by molar-refractivity contribution is 5.93. The third-order valence-electron chi connectivity index (χ3n) is 4.06. The molecule has 2 aromatic rings. The quantitative estimate of drug-likeness (QED) is 0.660. The molecule has 0 heterocycles. The second-order valence-corrected chi connectivity index (χ2v) is 7.46. The van der Waals surface area contributed by atoms with Crippen LogP contribution in [0.4, 0.5) is 10.1 Å². The fraction of sp³-hybridized carbons (Fsp3) is 0.318. The average Bonchev–Trinajstić information content (AvgIpc) is 2.71. The van der Waals surface area contributed by atoms with Gasteiger partial charge < -0.3 is 19.5 Å². The van der Waals surface area contributed by atoms with Gasteiger partial charge in [0.25, 0.3) is 5.91 Å². The Kier molecular flexibility index (Phi) is 7.52. The lowest BCUT2D eigenvalue weighted by Crippen LogP contribution is -2.26. The van der Waals surface area contributed by atoms with Gasteiger partial charge in [-0.15, -0.1) is 0 Å². The molecule has 1 amide bonds. The zero-order chi connectivity index (χ0) is 22.3. The van der Waals surface area contributed by atoms with E-state index in [0.29, 0.717) is 5.69 Å². The molecule has 8 heteroatoms. The van der Waals surface area contributed by atoms with Crippen LogP contribution in [0, 0.1) is 11.2 Å². The van der Waals surface area contributed by atoms with Crippen molar-refractivity contribution in [2.24, 2.45) is 5.41 Å². The van der Waals surface area contributed by atoms with Gasteiger partial charge in [-0.1, -0.05) is 20.8 Å². The molecule has 0 radical (unpaired) electrons. The number of amides is 1. The molecule has 30 heavy (non-hydrogen) atoms. The third kappa shape index (κ3) is 6.58. The number of nitrogens with one attached hydrogen (secondary N) is 1. The summed E-state index contributed by atoms with van der Waals surface area (Å²) in [4.78, 5) is 36.1. The summed E-state index contributed by atoms with van der Waals surface area (Å²) in [6.45, 7) is 4.57. The first-order valence-electron chi connectivity index (χ1n) is 9.17. The van der Waals surface area contributed by atoms with Crippen molar-refractivity contribution in [1.82, 2.24) is 0 Å². The minimum absolute atomic E-state index is 0.177. The van der Waals surface area contributed by atoms with Crippen molar-refractivity contribution in [2.75, 3.05) is 25.6 Å². The van der Waals surface area contributed by atoms with Crippen LogP contribution >= 0.6 is 0 Å². The predicted octanol–water partition coefficient (Wildman–Crippen LogP) is 3.62. The van der Waals surface area contributed by atoms with Crippen molar-refractivity contribution in [3.63, 3.8) is 0 Å². The number of esters is 1. The van der Waals surface area contributed by atoms with Gasteiger partial charge in [-0.2, -0.15) is 0 Å². The van der Waals surface area contributed by atoms with Crippen LogP contribution in [0.2, 0.25) is 0 Å². The number of hydrogen-bond donors (Lipinski definition) is 1. The fourth-order valence-corrected chi connectivity index (χ4v) is 2.22. The van der Waals surface area contributed by atoms with Crippen molar-refractivity contribution in [2.45, 2.75) is 20.8 Å². The molecule has 0 spiro atoms. The van der Waals surface area contributed by atoms with Crippen molar-refractivity contribution in [3.8, 4) is 11.5 Å². The minimum atomic E-state index is -0.675. The standard InChI is InChI=1S/C22H24FNO6/c1-22(2,3)19(25)12-30-21(27)14-5-10-17(18(11-14)28-4)29-13-20(26)24-16-8-6-15(23)7-9-16/h5-11H,12-13H2,1-4H3,(H,24,26). The Balaban J connectivity index is 1.96. The summed E-state index contributed by atoms with van der Waals surface area (Å²) < 4.78 is 28.6. The normalized spacial score (nSPS) is 10.8. The summed E-state index contributed by atoms with van der Waals surface area (Å²) in [6.07, 6.45) is 0. The number of carbonyl (C=O) groups excluding carboxylic acids is 3. The second-order valence-electron chi connectivity index (χ2n) is 7.46. The minimum Gasteiger partial charge on any atom is -0.493 e. The van der Waals surface area contributed by atoms with Crippen LogP contribution in [0.25, 0.3) is 0 Å². The lowest BCUT2D eigenvalue weighted by molar-refractivity contribution is -0.129. The molecule has 0 atom stereocenters. The molecule has 0 unspecified atom stereocenters. The van der Waals surface area contributed by atoms with Crippen molar-refractivity contribution in [1.29, 1.82) is 0 Å². The number of halogens is 1. The first kappa shape index (κ1) is 22.9. The monoisotopic (exact) mass is 417 g/mol. The van der Waals surface area contributed by atoms with Crippen LogP contribution < -0.4 is 14.8 Å². The average molecular weight is 417 g/mol. The summed E-state index contributed by atoms with van der Waals surface area (Å²) in [7, 11) is 1.39. The highest BCUT2D eigenvalue weighted by Gasteiger charge is 2.23. The number of methoxy groups -OCH3 is 1. The van der Waals surface area contributed by atoms with Crippen LogP contribution in [0.15, 0.2) is 42.5 Å². The van der Waals surface area contributed by atoms with Gasteiger partial charge in [-0.3, -0.25) is 9.59 Å². The third-order valence-corrected chi connectivity index (χ3v) is 4.06. The Labute approximate surface area is 174 Å². The topological polar surface area (TPSA) is 90.9 Å². The molecule has 0 saturated carbocycles. The fourth-order valence-electron chi connectivity index (χ4n) is 2.22. The molecular weight excluding hydrogens is 393 g/mol. The lowest BCUT2D eigenvalue weighted by atomic mass is 9.91. The smallest absolute Gasteiger partial charge is 0.338 e. The molecule has 2 aromatic carbocycles. The first-order chi connectivity index (χ1) is 14.1. The van der Waals surface area contributed by atoms with Crippen LogP contribution in [0.3, 0.4) is 0 Å². The van der Waals surface area contributed by atoms with Gasteiger partial charge in [-0.25, -0.2) is 9.18 Å². The van der Waals surface area contributed by atoms with E-state index < -0.39 is 23.1 Å². The Hall–Kier alpha value is -3.42. The van der Waals surface area contributed by atoms with E-state index in [4.69, 9.17) is 14.2 Å². The molecule has 1 N–H and O–H groups in total. The van der Waals surface area contributed by atoms with Gasteiger partial charge in [0, 0.05) is 11.1 Å². The molecule has 0 fully saturated rings. The largest absolute Gasteiger partial charge is 0.493 e. The lowest BCUT2D eigenvalue weighted by Gasteiger charge is -2.16. The summed E-state index contributed by atoms with van der Waals surface area (Å²) in [5.41, 5.74) is 0.000912. The molecule has 2 rings (SSSR count). The van der Waals surface area contributed by atoms with E-state index in [1.54, 1.807) is 20.8 Å². The Morgan fingerprint density at radius 2 is 1.63 bits per heavy atom. The van der Waals surface area contributed by atoms with Crippen LogP contribution in [0.5, 0.6) is 11.5 Å². The number of Topliss-reactive ketones (excluding diaryl/α,β-unsaturated/α-hetero) is 1. The van der Waals surface area contributed by atoms with Gasteiger partial charge in [-0.05, 0) is 42.5 Å². The van der Waals surface area contributed by atoms with Crippen LogP contribution in [0.1, 0.15) is 31.1 Å². The Morgan fingerprint density at radius 1 is 0.967 bits per heavy atom. The maximum absolute atomic E-state index is 12.9. The number of benzene rings is 2. The molecule has 0 aliphatic heterocycles. The molecular formula is C22H24FNO6. The highest BCUT2D eigenvalue weighted by Crippen LogP contribution is 2.28. The molecule has 0 saturated heterocycles. The number of ketones is 1. The maximum atomic E-state index is 12.9. The zero-order valence-corrected chi connectivity index (χ0v) is 17.3. The molecule has 7 nitrogen and oxygen atoms in total. The molecule has 0 aliphatic carbocycles.